The van der Waals surface area contributed by atoms with Gasteiger partial charge in [0.2, 0.25) is 5.82 Å². The van der Waals surface area contributed by atoms with Crippen LogP contribution in [0.4, 0.5) is 11.4 Å². The molecule has 0 aliphatic carbocycles. The summed E-state index contributed by atoms with van der Waals surface area (Å²) in [5.41, 5.74) is 14.2. The molecular formula is C24H24ClN5O6S. The highest BCUT2D eigenvalue weighted by Gasteiger charge is 2.26. The van der Waals surface area contributed by atoms with Crippen LogP contribution in [0.2, 0.25) is 0 Å². The summed E-state index contributed by atoms with van der Waals surface area (Å²) in [6.07, 6.45) is 0.846. The largest absolute Gasteiger partial charge is 0.475 e. The molecule has 194 valence electrons. The van der Waals surface area contributed by atoms with E-state index in [4.69, 9.17) is 16.6 Å². The third-order valence-corrected chi connectivity index (χ3v) is 7.37. The van der Waals surface area contributed by atoms with Crippen LogP contribution in [0.15, 0.2) is 32.6 Å². The molecule has 1 aliphatic rings. The topological polar surface area (TPSA) is 190 Å². The Balaban J connectivity index is 0.000000201. The van der Waals surface area contributed by atoms with E-state index in [0.717, 1.165) is 28.9 Å². The summed E-state index contributed by atoms with van der Waals surface area (Å²) in [5.74, 6) is -1.89. The predicted octanol–water partition coefficient (Wildman–Crippen LogP) is 1.50. The monoisotopic (exact) mass is 545 g/mol. The van der Waals surface area contributed by atoms with Crippen LogP contribution in [-0.4, -0.2) is 33.4 Å². The first-order chi connectivity index (χ1) is 17.0. The number of thiophene rings is 1. The molecule has 0 amide bonds. The van der Waals surface area contributed by atoms with Crippen LogP contribution >= 0.6 is 23.7 Å². The lowest BCUT2D eigenvalue weighted by Gasteiger charge is -2.31. The molecule has 11 nitrogen and oxygen atoms in total. The van der Waals surface area contributed by atoms with Crippen molar-refractivity contribution < 1.29 is 14.7 Å². The molecule has 6 N–H and O–H groups in total. The highest BCUT2D eigenvalue weighted by Crippen LogP contribution is 2.27. The third-order valence-electron chi connectivity index (χ3n) is 6.08. The molecule has 4 aromatic rings. The van der Waals surface area contributed by atoms with E-state index in [1.165, 1.54) is 12.5 Å². The van der Waals surface area contributed by atoms with E-state index < -0.39 is 28.2 Å². The number of carbonyl (C=O) groups is 2. The fraction of sp³-hybridized carbons (Fsp3) is 0.250. The molecule has 5 rings (SSSR count). The lowest BCUT2D eigenvalue weighted by molar-refractivity contribution is 0.0683. The van der Waals surface area contributed by atoms with Gasteiger partial charge in [-0.2, -0.15) is 0 Å². The van der Waals surface area contributed by atoms with Gasteiger partial charge in [-0.15, -0.1) is 23.7 Å². The van der Waals surface area contributed by atoms with Gasteiger partial charge in [-0.1, -0.05) is 18.2 Å². The van der Waals surface area contributed by atoms with Crippen LogP contribution in [0, 0.1) is 6.92 Å². The summed E-state index contributed by atoms with van der Waals surface area (Å²) in [4.78, 5) is 65.1. The van der Waals surface area contributed by atoms with Gasteiger partial charge in [-0.25, -0.2) is 9.78 Å². The van der Waals surface area contributed by atoms with Gasteiger partial charge >= 0.3 is 5.97 Å². The fourth-order valence-corrected chi connectivity index (χ4v) is 5.30. The maximum Gasteiger partial charge on any atom is 0.372 e. The number of nitrogens with one attached hydrogen (secondary N) is 1. The van der Waals surface area contributed by atoms with Crippen molar-refractivity contribution in [3.05, 3.63) is 82.0 Å². The van der Waals surface area contributed by atoms with Crippen LogP contribution in [0.5, 0.6) is 0 Å². The summed E-state index contributed by atoms with van der Waals surface area (Å²) in [6, 6.07) is 6.17. The number of hydrogen-bond donors (Lipinski definition) is 4. The van der Waals surface area contributed by atoms with Crippen LogP contribution < -0.4 is 32.8 Å². The van der Waals surface area contributed by atoms with Gasteiger partial charge in [0.15, 0.2) is 5.78 Å². The molecule has 37 heavy (non-hydrogen) atoms. The predicted molar refractivity (Wildman–Crippen MR) is 144 cm³/mol. The molecule has 0 saturated carbocycles. The second kappa shape index (κ2) is 10.6. The highest BCUT2D eigenvalue weighted by atomic mass is 35.5. The average molecular weight is 546 g/mol. The van der Waals surface area contributed by atoms with Crippen molar-refractivity contribution in [3.8, 4) is 0 Å². The maximum atomic E-state index is 11.7. The number of carboxylic acids is 1. The summed E-state index contributed by atoms with van der Waals surface area (Å²) in [6.45, 7) is 4.86. The molecule has 0 spiro atoms. The number of aromatic nitrogens is 2. The second-order valence-electron chi connectivity index (χ2n) is 8.41. The lowest BCUT2D eigenvalue weighted by Crippen LogP contribution is -2.44. The van der Waals surface area contributed by atoms with E-state index >= 15 is 0 Å². The minimum atomic E-state index is -1.31. The van der Waals surface area contributed by atoms with Crippen molar-refractivity contribution in [2.75, 3.05) is 17.2 Å². The van der Waals surface area contributed by atoms with Crippen LogP contribution in [0.3, 0.4) is 0 Å². The van der Waals surface area contributed by atoms with Gasteiger partial charge in [0, 0.05) is 19.6 Å². The van der Waals surface area contributed by atoms with Crippen LogP contribution in [-0.2, 0) is 19.5 Å². The smallest absolute Gasteiger partial charge is 0.372 e. The Morgan fingerprint density at radius 1 is 1.19 bits per heavy atom. The van der Waals surface area contributed by atoms with Crippen molar-refractivity contribution in [2.24, 2.45) is 5.73 Å². The Morgan fingerprint density at radius 3 is 2.49 bits per heavy atom. The number of aryl methyl sites for hydroxylation is 1. The van der Waals surface area contributed by atoms with E-state index in [-0.39, 0.29) is 34.1 Å². The molecule has 0 atom stereocenters. The number of halogens is 1. The van der Waals surface area contributed by atoms with Gasteiger partial charge in [-0.05, 0) is 42.5 Å². The van der Waals surface area contributed by atoms with E-state index in [9.17, 15) is 24.0 Å². The minimum Gasteiger partial charge on any atom is -0.475 e. The normalized spacial score (nSPS) is 12.5. The Kier molecular flexibility index (Phi) is 7.96. The first kappa shape index (κ1) is 27.7. The van der Waals surface area contributed by atoms with Crippen molar-refractivity contribution >= 4 is 57.1 Å². The van der Waals surface area contributed by atoms with Gasteiger partial charge in [-0.3, -0.25) is 19.2 Å². The van der Waals surface area contributed by atoms with E-state index in [0.29, 0.717) is 35.8 Å². The Morgan fingerprint density at radius 2 is 1.89 bits per heavy atom. The number of carbonyl (C=O) groups excluding carboxylic acids is 1. The highest BCUT2D eigenvalue weighted by molar-refractivity contribution is 7.20. The number of ketones is 1. The molecule has 3 heterocycles. The molecular weight excluding hydrogens is 522 g/mol. The number of H-pyrrole nitrogens is 1. The Bertz CT molecular complexity index is 1670. The first-order valence-corrected chi connectivity index (χ1v) is 11.8. The number of rotatable bonds is 4. The number of aromatic amines is 1. The fourth-order valence-electron chi connectivity index (χ4n) is 4.22. The second-order valence-corrected chi connectivity index (χ2v) is 9.41. The maximum absolute atomic E-state index is 11.7. The summed E-state index contributed by atoms with van der Waals surface area (Å²) < 4.78 is 0. The molecule has 0 saturated heterocycles. The third kappa shape index (κ3) is 5.03. The molecule has 0 bridgehead atoms. The SMILES string of the molecule is CC(=O)c1sc2nc(C(=O)O)[nH]c(=O)c2c1C.Cl.NCc1ccc2c(c1)CN(c1c(N)c(=O)c1=O)CC2. The van der Waals surface area contributed by atoms with Crippen molar-refractivity contribution in [1.29, 1.82) is 0 Å². The lowest BCUT2D eigenvalue weighted by atomic mass is 9.96. The zero-order valence-electron chi connectivity index (χ0n) is 19.9. The number of hydrogen-bond acceptors (Lipinski definition) is 10. The number of benzene rings is 1. The zero-order valence-corrected chi connectivity index (χ0v) is 21.5. The molecule has 0 fully saturated rings. The number of aromatic carboxylic acids is 1. The van der Waals surface area contributed by atoms with Crippen LogP contribution in [0.25, 0.3) is 10.2 Å². The number of fused-ring (bicyclic) bond motifs is 2. The van der Waals surface area contributed by atoms with Crippen LogP contribution in [0.1, 0.15) is 49.5 Å². The van der Waals surface area contributed by atoms with E-state index in [1.807, 2.05) is 11.0 Å². The number of nitrogens with zero attached hydrogens (tertiary/aromatic N) is 2. The number of nitrogen functional groups attached to an aromatic ring is 1. The van der Waals surface area contributed by atoms with Gasteiger partial charge in [0.25, 0.3) is 16.4 Å². The molecule has 0 unspecified atom stereocenters. The van der Waals surface area contributed by atoms with Gasteiger partial charge < -0.3 is 26.5 Å². The average Bonchev–Trinajstić information content (AvgIpc) is 3.20. The minimum absolute atomic E-state index is 0. The summed E-state index contributed by atoms with van der Waals surface area (Å²) in [7, 11) is 0. The number of Topliss-reactive ketones (excluding diaryl/α,β-unsaturated/α-hetero) is 1. The van der Waals surface area contributed by atoms with Crippen molar-refractivity contribution in [3.63, 3.8) is 0 Å². The summed E-state index contributed by atoms with van der Waals surface area (Å²) in [5, 5.41) is 9.04. The Hall–Kier alpha value is -3.87. The van der Waals surface area contributed by atoms with Gasteiger partial charge in [0.05, 0.1) is 10.3 Å². The van der Waals surface area contributed by atoms with Gasteiger partial charge in [0.1, 0.15) is 16.2 Å². The number of nitrogens with two attached hydrogens (primary N) is 2. The standard InChI is InChI=1S/C14H15N3O2.C10H8N2O4S.ClH/c15-6-8-1-2-9-3-4-17(7-10(9)5-8)12-11(16)13(18)14(12)19;1-3-5-8(14)11-7(10(15)16)12-9(5)17-6(3)4(2)13;/h1-2,5H,3-4,6-7,15-16H2;1-2H3,(H,15,16)(H,11,12,14);1H. The Labute approximate surface area is 219 Å². The molecule has 1 aliphatic heterocycles. The van der Waals surface area contributed by atoms with Crippen molar-refractivity contribution in [1.82, 2.24) is 9.97 Å². The molecule has 2 aromatic heterocycles. The molecule has 0 radical (unpaired) electrons. The summed E-state index contributed by atoms with van der Waals surface area (Å²) >= 11 is 1.03. The zero-order chi connectivity index (χ0) is 26.3. The van der Waals surface area contributed by atoms with E-state index in [2.05, 4.69) is 22.1 Å². The number of carboxylic acid groups (broad SMARTS) is 1. The molecule has 2 aromatic carbocycles. The molecule has 13 heteroatoms. The van der Waals surface area contributed by atoms with E-state index in [1.54, 1.807) is 6.92 Å². The van der Waals surface area contributed by atoms with Crippen molar-refractivity contribution in [2.45, 2.75) is 33.4 Å². The number of anilines is 2. The first-order valence-electron chi connectivity index (χ1n) is 11.0. The quantitative estimate of drug-likeness (QED) is 0.216.